The standard InChI is InChI=1S/C21H33N3O2/c1-3-17-11-14-24(15-12-17)16-20(25)23-19(4-2)21(26)22-13-10-18-8-6-5-7-9-18/h5-9,17,19H,3-4,10-16H2,1-2H3,(H,22,26)(H,23,25). The minimum atomic E-state index is -0.452. The molecule has 1 aromatic carbocycles. The van der Waals surface area contributed by atoms with Crippen molar-refractivity contribution in [1.82, 2.24) is 15.5 Å². The fraction of sp³-hybridized carbons (Fsp3) is 0.619. The fourth-order valence-corrected chi connectivity index (χ4v) is 3.45. The molecular formula is C21H33N3O2. The molecule has 0 aliphatic carbocycles. The number of carbonyl (C=O) groups is 2. The fourth-order valence-electron chi connectivity index (χ4n) is 3.45. The quantitative estimate of drug-likeness (QED) is 0.711. The number of hydrogen-bond acceptors (Lipinski definition) is 3. The summed E-state index contributed by atoms with van der Waals surface area (Å²) in [5.74, 6) is 0.652. The van der Waals surface area contributed by atoms with Crippen LogP contribution in [0.3, 0.4) is 0 Å². The first-order chi connectivity index (χ1) is 12.6. The lowest BCUT2D eigenvalue weighted by molar-refractivity contribution is -0.129. The molecule has 1 saturated heterocycles. The van der Waals surface area contributed by atoms with Gasteiger partial charge in [0.15, 0.2) is 0 Å². The molecule has 0 aromatic heterocycles. The van der Waals surface area contributed by atoms with Gasteiger partial charge in [0.1, 0.15) is 6.04 Å². The summed E-state index contributed by atoms with van der Waals surface area (Å²) in [5.41, 5.74) is 1.19. The first-order valence-electron chi connectivity index (χ1n) is 9.95. The zero-order valence-electron chi connectivity index (χ0n) is 16.2. The van der Waals surface area contributed by atoms with Gasteiger partial charge in [-0.25, -0.2) is 0 Å². The highest BCUT2D eigenvalue weighted by Gasteiger charge is 2.22. The normalized spacial score (nSPS) is 16.8. The van der Waals surface area contributed by atoms with E-state index in [0.717, 1.165) is 25.4 Å². The summed E-state index contributed by atoms with van der Waals surface area (Å²) in [6, 6.07) is 9.62. The molecule has 1 aliphatic heterocycles. The van der Waals surface area contributed by atoms with E-state index < -0.39 is 6.04 Å². The topological polar surface area (TPSA) is 61.4 Å². The molecule has 144 valence electrons. The third-order valence-electron chi connectivity index (χ3n) is 5.27. The molecule has 0 saturated carbocycles. The van der Waals surface area contributed by atoms with Gasteiger partial charge >= 0.3 is 0 Å². The van der Waals surface area contributed by atoms with Crippen LogP contribution in [0.2, 0.25) is 0 Å². The van der Waals surface area contributed by atoms with Crippen molar-refractivity contribution in [2.24, 2.45) is 5.92 Å². The molecule has 1 atom stereocenters. The minimum absolute atomic E-state index is 0.0509. The van der Waals surface area contributed by atoms with E-state index >= 15 is 0 Å². The second-order valence-corrected chi connectivity index (χ2v) is 7.18. The molecule has 1 aliphatic rings. The van der Waals surface area contributed by atoms with Crippen LogP contribution in [-0.2, 0) is 16.0 Å². The van der Waals surface area contributed by atoms with Crippen LogP contribution in [0.4, 0.5) is 0 Å². The average molecular weight is 360 g/mol. The summed E-state index contributed by atoms with van der Waals surface area (Å²) in [4.78, 5) is 26.8. The molecule has 0 radical (unpaired) electrons. The molecule has 2 rings (SSSR count). The van der Waals surface area contributed by atoms with Crippen molar-refractivity contribution in [3.63, 3.8) is 0 Å². The van der Waals surface area contributed by atoms with Crippen molar-refractivity contribution < 1.29 is 9.59 Å². The van der Waals surface area contributed by atoms with Crippen molar-refractivity contribution in [3.8, 4) is 0 Å². The molecule has 26 heavy (non-hydrogen) atoms. The molecule has 1 heterocycles. The summed E-state index contributed by atoms with van der Waals surface area (Å²) in [5, 5.41) is 5.83. The lowest BCUT2D eigenvalue weighted by Gasteiger charge is -2.31. The van der Waals surface area contributed by atoms with Crippen LogP contribution in [0.15, 0.2) is 30.3 Å². The van der Waals surface area contributed by atoms with Gasteiger partial charge in [0.2, 0.25) is 11.8 Å². The monoisotopic (exact) mass is 359 g/mol. The van der Waals surface area contributed by atoms with Crippen LogP contribution in [0.25, 0.3) is 0 Å². The van der Waals surface area contributed by atoms with Gasteiger partial charge in [-0.3, -0.25) is 14.5 Å². The Morgan fingerprint density at radius 1 is 1.15 bits per heavy atom. The Morgan fingerprint density at radius 3 is 2.46 bits per heavy atom. The largest absolute Gasteiger partial charge is 0.354 e. The average Bonchev–Trinajstić information content (AvgIpc) is 2.67. The van der Waals surface area contributed by atoms with E-state index in [1.165, 1.54) is 24.8 Å². The van der Waals surface area contributed by atoms with Gasteiger partial charge in [0.25, 0.3) is 0 Å². The van der Waals surface area contributed by atoms with Gasteiger partial charge in [-0.15, -0.1) is 0 Å². The van der Waals surface area contributed by atoms with Crippen LogP contribution >= 0.6 is 0 Å². The Balaban J connectivity index is 1.69. The van der Waals surface area contributed by atoms with Crippen molar-refractivity contribution in [1.29, 1.82) is 0 Å². The number of hydrogen-bond donors (Lipinski definition) is 2. The Bertz CT molecular complexity index is 554. The van der Waals surface area contributed by atoms with Gasteiger partial charge in [-0.05, 0) is 50.3 Å². The smallest absolute Gasteiger partial charge is 0.242 e. The van der Waals surface area contributed by atoms with Gasteiger partial charge in [0, 0.05) is 6.54 Å². The number of piperidine rings is 1. The zero-order valence-corrected chi connectivity index (χ0v) is 16.2. The second kappa shape index (κ2) is 11.0. The van der Waals surface area contributed by atoms with E-state index in [1.807, 2.05) is 37.3 Å². The number of rotatable bonds is 9. The van der Waals surface area contributed by atoms with Crippen LogP contribution in [-0.4, -0.2) is 48.9 Å². The number of likely N-dealkylation sites (tertiary alicyclic amines) is 1. The molecule has 5 nitrogen and oxygen atoms in total. The van der Waals surface area contributed by atoms with Crippen LogP contribution in [0, 0.1) is 5.92 Å². The van der Waals surface area contributed by atoms with Crippen molar-refractivity contribution in [2.75, 3.05) is 26.2 Å². The highest BCUT2D eigenvalue weighted by atomic mass is 16.2. The van der Waals surface area contributed by atoms with E-state index in [2.05, 4.69) is 22.5 Å². The molecular weight excluding hydrogens is 326 g/mol. The molecule has 1 fully saturated rings. The van der Waals surface area contributed by atoms with E-state index in [-0.39, 0.29) is 11.8 Å². The maximum absolute atomic E-state index is 12.3. The first kappa shape index (κ1) is 20.4. The van der Waals surface area contributed by atoms with Crippen molar-refractivity contribution >= 4 is 11.8 Å². The maximum atomic E-state index is 12.3. The third-order valence-corrected chi connectivity index (χ3v) is 5.27. The highest BCUT2D eigenvalue weighted by Crippen LogP contribution is 2.19. The van der Waals surface area contributed by atoms with E-state index in [4.69, 9.17) is 0 Å². The number of nitrogens with zero attached hydrogens (tertiary/aromatic N) is 1. The summed E-state index contributed by atoms with van der Waals surface area (Å²) < 4.78 is 0. The summed E-state index contributed by atoms with van der Waals surface area (Å²) in [7, 11) is 0. The Hall–Kier alpha value is -1.88. The van der Waals surface area contributed by atoms with Crippen molar-refractivity contribution in [3.05, 3.63) is 35.9 Å². The summed E-state index contributed by atoms with van der Waals surface area (Å²) in [6.45, 7) is 7.09. The van der Waals surface area contributed by atoms with Gasteiger partial charge < -0.3 is 10.6 Å². The number of nitrogens with one attached hydrogen (secondary N) is 2. The Labute approximate surface area is 157 Å². The summed E-state index contributed by atoms with van der Waals surface area (Å²) >= 11 is 0. The number of benzene rings is 1. The van der Waals surface area contributed by atoms with E-state index in [0.29, 0.717) is 19.5 Å². The molecule has 5 heteroatoms. The Morgan fingerprint density at radius 2 is 1.85 bits per heavy atom. The van der Waals surface area contributed by atoms with E-state index in [9.17, 15) is 9.59 Å². The molecule has 1 unspecified atom stereocenters. The van der Waals surface area contributed by atoms with Crippen LogP contribution < -0.4 is 10.6 Å². The number of amides is 2. The van der Waals surface area contributed by atoms with Crippen molar-refractivity contribution in [2.45, 2.75) is 52.0 Å². The third kappa shape index (κ3) is 6.79. The van der Waals surface area contributed by atoms with Gasteiger partial charge in [-0.2, -0.15) is 0 Å². The maximum Gasteiger partial charge on any atom is 0.242 e. The predicted molar refractivity (Wildman–Crippen MR) is 105 cm³/mol. The summed E-state index contributed by atoms with van der Waals surface area (Å²) in [6.07, 6.45) is 4.95. The molecule has 1 aromatic rings. The molecule has 0 spiro atoms. The van der Waals surface area contributed by atoms with Gasteiger partial charge in [-0.1, -0.05) is 50.6 Å². The van der Waals surface area contributed by atoms with Crippen LogP contribution in [0.5, 0.6) is 0 Å². The van der Waals surface area contributed by atoms with E-state index in [1.54, 1.807) is 0 Å². The molecule has 2 N–H and O–H groups in total. The lowest BCUT2D eigenvalue weighted by Crippen LogP contribution is -2.50. The zero-order chi connectivity index (χ0) is 18.8. The minimum Gasteiger partial charge on any atom is -0.354 e. The van der Waals surface area contributed by atoms with Crippen LogP contribution in [0.1, 0.15) is 45.1 Å². The predicted octanol–water partition coefficient (Wildman–Crippen LogP) is 2.36. The lowest BCUT2D eigenvalue weighted by atomic mass is 9.94. The number of carbonyl (C=O) groups excluding carboxylic acids is 2. The highest BCUT2D eigenvalue weighted by molar-refractivity contribution is 5.88. The molecule has 0 bridgehead atoms. The Kier molecular flexibility index (Phi) is 8.62. The SMILES string of the molecule is CCC1CCN(CC(=O)NC(CC)C(=O)NCCc2ccccc2)CC1. The molecule has 2 amide bonds. The van der Waals surface area contributed by atoms with Gasteiger partial charge in [0.05, 0.1) is 6.54 Å². The second-order valence-electron chi connectivity index (χ2n) is 7.18. The first-order valence-corrected chi connectivity index (χ1v) is 9.95.